The summed E-state index contributed by atoms with van der Waals surface area (Å²) >= 11 is 15.0. The lowest BCUT2D eigenvalue weighted by Gasteiger charge is -2.09. The molecule has 10 heteroatoms. The lowest BCUT2D eigenvalue weighted by molar-refractivity contribution is -0.384. The molecule has 2 aromatic rings. The molecule has 0 amide bonds. The molecule has 0 aliphatic rings. The van der Waals surface area contributed by atoms with Crippen LogP contribution in [0.5, 0.6) is 17.6 Å². The van der Waals surface area contributed by atoms with Crippen LogP contribution in [0.3, 0.4) is 0 Å². The predicted molar refractivity (Wildman–Crippen MR) is 79.5 cm³/mol. The van der Waals surface area contributed by atoms with E-state index in [-0.39, 0.29) is 33.4 Å². The maximum absolute atomic E-state index is 10.7. The second kappa shape index (κ2) is 6.42. The van der Waals surface area contributed by atoms with Crippen molar-refractivity contribution in [1.29, 1.82) is 0 Å². The average Bonchev–Trinajstić information content (AvgIpc) is 2.44. The highest BCUT2D eigenvalue weighted by Crippen LogP contribution is 2.39. The number of nitro benzene ring substituents is 1. The Morgan fingerprint density at radius 1 is 1.33 bits per heavy atom. The molecule has 0 aliphatic carbocycles. The van der Waals surface area contributed by atoms with Crippen LogP contribution in [-0.2, 0) is 0 Å². The molecule has 0 radical (unpaired) electrons. The molecule has 0 saturated heterocycles. The minimum atomic E-state index is -0.610. The van der Waals surface area contributed by atoms with Crippen molar-refractivity contribution >= 4 is 44.8 Å². The highest BCUT2D eigenvalue weighted by Gasteiger charge is 2.18. The molecule has 0 spiro atoms. The van der Waals surface area contributed by atoms with E-state index in [0.29, 0.717) is 4.47 Å². The Labute approximate surface area is 137 Å². The molecule has 1 aromatic heterocycles. The molecule has 2 rings (SSSR count). The van der Waals surface area contributed by atoms with Gasteiger partial charge in [0.05, 0.1) is 32.7 Å². The van der Waals surface area contributed by atoms with E-state index in [4.69, 9.17) is 32.7 Å². The maximum Gasteiger partial charge on any atom is 0.325 e. The third kappa shape index (κ3) is 3.52. The molecule has 1 aromatic carbocycles. The molecule has 1 heterocycles. The van der Waals surface area contributed by atoms with Gasteiger partial charge in [-0.15, -0.1) is 0 Å². The van der Waals surface area contributed by atoms with Gasteiger partial charge in [0.15, 0.2) is 5.75 Å². The summed E-state index contributed by atoms with van der Waals surface area (Å²) in [4.78, 5) is 18.0. The Balaban J connectivity index is 2.38. The summed E-state index contributed by atoms with van der Waals surface area (Å²) in [5, 5.41) is 10.6. The fraction of sp³-hybridized carbons (Fsp3) is 0.0909. The van der Waals surface area contributed by atoms with Gasteiger partial charge in [-0.05, 0) is 15.9 Å². The van der Waals surface area contributed by atoms with Crippen LogP contribution in [0.25, 0.3) is 0 Å². The SMILES string of the molecule is COc1nc(Oc2c(Cl)cc([N+](=O)[O-])cc2Cl)ncc1Br. The van der Waals surface area contributed by atoms with Gasteiger partial charge in [0.2, 0.25) is 5.88 Å². The molecular weight excluding hydrogens is 389 g/mol. The number of nitro groups is 1. The van der Waals surface area contributed by atoms with Crippen molar-refractivity contribution in [2.45, 2.75) is 0 Å². The first kappa shape index (κ1) is 15.7. The zero-order chi connectivity index (χ0) is 15.6. The fourth-order valence-electron chi connectivity index (χ4n) is 1.37. The molecule has 0 fully saturated rings. The number of ether oxygens (including phenoxy) is 2. The van der Waals surface area contributed by atoms with Gasteiger partial charge in [0, 0.05) is 12.1 Å². The first-order valence-corrected chi connectivity index (χ1v) is 6.85. The van der Waals surface area contributed by atoms with Crippen LogP contribution < -0.4 is 9.47 Å². The fourth-order valence-corrected chi connectivity index (χ4v) is 2.27. The third-order valence-corrected chi connectivity index (χ3v) is 3.38. The summed E-state index contributed by atoms with van der Waals surface area (Å²) in [5.41, 5.74) is -0.244. The third-order valence-electron chi connectivity index (χ3n) is 2.27. The molecule has 7 nitrogen and oxygen atoms in total. The van der Waals surface area contributed by atoms with Crippen LogP contribution in [0.4, 0.5) is 5.69 Å². The second-order valence-electron chi connectivity index (χ2n) is 3.61. The molecule has 0 unspecified atom stereocenters. The van der Waals surface area contributed by atoms with E-state index in [1.807, 2.05) is 0 Å². The van der Waals surface area contributed by atoms with E-state index < -0.39 is 4.92 Å². The quantitative estimate of drug-likeness (QED) is 0.568. The van der Waals surface area contributed by atoms with Crippen LogP contribution in [0.1, 0.15) is 0 Å². The molecule has 0 atom stereocenters. The Morgan fingerprint density at radius 2 is 1.95 bits per heavy atom. The summed E-state index contributed by atoms with van der Waals surface area (Å²) in [6, 6.07) is 2.19. The Bertz CT molecular complexity index is 691. The number of benzene rings is 1. The van der Waals surface area contributed by atoms with E-state index in [2.05, 4.69) is 25.9 Å². The van der Waals surface area contributed by atoms with Gasteiger partial charge in [-0.3, -0.25) is 10.1 Å². The van der Waals surface area contributed by atoms with Crippen LogP contribution in [0.2, 0.25) is 10.0 Å². The topological polar surface area (TPSA) is 87.4 Å². The number of rotatable bonds is 4. The number of aromatic nitrogens is 2. The summed E-state index contributed by atoms with van der Waals surface area (Å²) in [7, 11) is 1.43. The van der Waals surface area contributed by atoms with E-state index >= 15 is 0 Å². The highest BCUT2D eigenvalue weighted by atomic mass is 79.9. The van der Waals surface area contributed by atoms with Gasteiger partial charge in [-0.2, -0.15) is 4.98 Å². The average molecular weight is 395 g/mol. The van der Waals surface area contributed by atoms with Crippen molar-refractivity contribution in [3.05, 3.63) is 43.0 Å². The molecule has 0 bridgehead atoms. The van der Waals surface area contributed by atoms with E-state index in [0.717, 1.165) is 12.1 Å². The zero-order valence-electron chi connectivity index (χ0n) is 10.3. The van der Waals surface area contributed by atoms with Gasteiger partial charge in [-0.25, -0.2) is 4.98 Å². The van der Waals surface area contributed by atoms with Crippen LogP contribution in [0.15, 0.2) is 22.8 Å². The first-order valence-electron chi connectivity index (χ1n) is 5.30. The van der Waals surface area contributed by atoms with Gasteiger partial charge in [0.1, 0.15) is 0 Å². The smallest absolute Gasteiger partial charge is 0.325 e. The Morgan fingerprint density at radius 3 is 2.48 bits per heavy atom. The van der Waals surface area contributed by atoms with Gasteiger partial charge in [0.25, 0.3) is 5.69 Å². The molecule has 0 aliphatic heterocycles. The van der Waals surface area contributed by atoms with Crippen molar-refractivity contribution in [1.82, 2.24) is 9.97 Å². The van der Waals surface area contributed by atoms with Crippen molar-refractivity contribution in [3.63, 3.8) is 0 Å². The number of halogens is 3. The summed E-state index contributed by atoms with van der Waals surface area (Å²) in [6.07, 6.45) is 1.42. The summed E-state index contributed by atoms with van der Waals surface area (Å²) in [6.45, 7) is 0. The van der Waals surface area contributed by atoms with E-state index in [1.165, 1.54) is 13.3 Å². The number of methoxy groups -OCH3 is 1. The van der Waals surface area contributed by atoms with Crippen molar-refractivity contribution < 1.29 is 14.4 Å². The highest BCUT2D eigenvalue weighted by molar-refractivity contribution is 9.10. The van der Waals surface area contributed by atoms with Crippen molar-refractivity contribution in [2.75, 3.05) is 7.11 Å². The molecule has 0 N–H and O–H groups in total. The number of non-ortho nitro benzene ring substituents is 1. The number of hydrogen-bond acceptors (Lipinski definition) is 6. The van der Waals surface area contributed by atoms with Crippen LogP contribution >= 0.6 is 39.1 Å². The largest absolute Gasteiger partial charge is 0.480 e. The van der Waals surface area contributed by atoms with E-state index in [1.54, 1.807) is 0 Å². The van der Waals surface area contributed by atoms with Crippen molar-refractivity contribution in [2.24, 2.45) is 0 Å². The number of hydrogen-bond donors (Lipinski definition) is 0. The summed E-state index contributed by atoms with van der Waals surface area (Å²) in [5.74, 6) is 0.280. The lowest BCUT2D eigenvalue weighted by atomic mass is 10.3. The lowest BCUT2D eigenvalue weighted by Crippen LogP contribution is -1.97. The number of nitrogens with zero attached hydrogens (tertiary/aromatic N) is 3. The van der Waals surface area contributed by atoms with Crippen LogP contribution in [0, 0.1) is 10.1 Å². The maximum atomic E-state index is 10.7. The predicted octanol–water partition coefficient (Wildman–Crippen LogP) is 4.26. The summed E-state index contributed by atoms with van der Waals surface area (Å²) < 4.78 is 10.9. The minimum absolute atomic E-state index is 0.0216. The normalized spacial score (nSPS) is 10.3. The van der Waals surface area contributed by atoms with Gasteiger partial charge >= 0.3 is 6.01 Å². The monoisotopic (exact) mass is 393 g/mol. The Hall–Kier alpha value is -1.64. The molecular formula is C11H6BrCl2N3O4. The molecule has 21 heavy (non-hydrogen) atoms. The van der Waals surface area contributed by atoms with E-state index in [9.17, 15) is 10.1 Å². The first-order chi connectivity index (χ1) is 9.92. The van der Waals surface area contributed by atoms with Gasteiger partial charge in [-0.1, -0.05) is 23.2 Å². The Kier molecular flexibility index (Phi) is 4.81. The van der Waals surface area contributed by atoms with Gasteiger partial charge < -0.3 is 9.47 Å². The molecule has 110 valence electrons. The minimum Gasteiger partial charge on any atom is -0.480 e. The zero-order valence-corrected chi connectivity index (χ0v) is 13.4. The second-order valence-corrected chi connectivity index (χ2v) is 5.28. The van der Waals surface area contributed by atoms with Crippen LogP contribution in [-0.4, -0.2) is 22.0 Å². The van der Waals surface area contributed by atoms with Crippen molar-refractivity contribution in [3.8, 4) is 17.6 Å². The molecule has 0 saturated carbocycles. The standard InChI is InChI=1S/C11H6BrCl2N3O4/c1-20-10-6(12)4-15-11(16-10)21-9-7(13)2-5(17(18)19)3-8(9)14/h2-4H,1H3.